The number of fused-ring (bicyclic) bond motifs is 1. The molecule has 2 aliphatic carbocycles. The van der Waals surface area contributed by atoms with Crippen molar-refractivity contribution in [2.24, 2.45) is 11.3 Å². The minimum atomic E-state index is -0.273. The molecule has 0 aromatic heterocycles. The maximum atomic E-state index is 12.1. The molecule has 0 radical (unpaired) electrons. The van der Waals surface area contributed by atoms with Crippen LogP contribution in [-0.2, 0) is 9.53 Å². The molecule has 0 aromatic rings. The van der Waals surface area contributed by atoms with Crippen LogP contribution in [0.3, 0.4) is 0 Å². The first-order valence-corrected chi connectivity index (χ1v) is 6.45. The number of carbonyl (C=O) groups is 1. The third-order valence-electron chi connectivity index (χ3n) is 4.53. The van der Waals surface area contributed by atoms with Crippen molar-refractivity contribution in [1.29, 1.82) is 0 Å². The van der Waals surface area contributed by atoms with Crippen LogP contribution in [0.1, 0.15) is 51.4 Å². The average molecular weight is 226 g/mol. The highest BCUT2D eigenvalue weighted by atomic mass is 16.5. The fourth-order valence-electron chi connectivity index (χ4n) is 3.61. The summed E-state index contributed by atoms with van der Waals surface area (Å²) in [5, 5.41) is 9.76. The first-order chi connectivity index (χ1) is 7.69. The predicted octanol–water partition coefficient (Wildman–Crippen LogP) is 2.27. The highest BCUT2D eigenvalue weighted by Crippen LogP contribution is 2.50. The standard InChI is InChI=1S/C13H22O3/c1-16-12(15)13-7-4-2-3-5-10(13)9-11(14)6-8-13/h10-11,14H,2-9H2,1H3/t10-,11?,13+/m1/s1. The fourth-order valence-corrected chi connectivity index (χ4v) is 3.61. The van der Waals surface area contributed by atoms with Crippen molar-refractivity contribution in [3.8, 4) is 0 Å². The maximum absolute atomic E-state index is 12.1. The first kappa shape index (κ1) is 11.9. The van der Waals surface area contributed by atoms with Gasteiger partial charge in [-0.25, -0.2) is 0 Å². The van der Waals surface area contributed by atoms with Crippen LogP contribution in [0.25, 0.3) is 0 Å². The Hall–Kier alpha value is -0.570. The summed E-state index contributed by atoms with van der Waals surface area (Å²) >= 11 is 0. The van der Waals surface area contributed by atoms with Gasteiger partial charge in [0.25, 0.3) is 0 Å². The molecule has 3 atom stereocenters. The SMILES string of the molecule is COC(=O)[C@]12CCCCC[C@@H]1CC(O)CC2. The van der Waals surface area contributed by atoms with E-state index in [1.807, 2.05) is 0 Å². The molecule has 3 nitrogen and oxygen atoms in total. The third kappa shape index (κ3) is 1.97. The fraction of sp³-hybridized carbons (Fsp3) is 0.923. The molecular weight excluding hydrogens is 204 g/mol. The molecule has 2 rings (SSSR count). The van der Waals surface area contributed by atoms with E-state index >= 15 is 0 Å². The second kappa shape index (κ2) is 4.74. The number of methoxy groups -OCH3 is 1. The number of ether oxygens (including phenoxy) is 1. The van der Waals surface area contributed by atoms with Crippen molar-refractivity contribution in [3.05, 3.63) is 0 Å². The second-order valence-corrected chi connectivity index (χ2v) is 5.37. The molecule has 2 fully saturated rings. The van der Waals surface area contributed by atoms with E-state index in [0.717, 1.165) is 38.5 Å². The number of hydrogen-bond acceptors (Lipinski definition) is 3. The van der Waals surface area contributed by atoms with E-state index in [1.165, 1.54) is 20.0 Å². The Morgan fingerprint density at radius 3 is 2.81 bits per heavy atom. The van der Waals surface area contributed by atoms with Crippen molar-refractivity contribution >= 4 is 5.97 Å². The summed E-state index contributed by atoms with van der Waals surface area (Å²) in [6, 6.07) is 0. The number of aliphatic hydroxyl groups is 1. The molecule has 0 bridgehead atoms. The van der Waals surface area contributed by atoms with E-state index in [4.69, 9.17) is 4.74 Å². The maximum Gasteiger partial charge on any atom is 0.312 e. The summed E-state index contributed by atoms with van der Waals surface area (Å²) in [7, 11) is 1.49. The molecule has 0 saturated heterocycles. The Balaban J connectivity index is 2.23. The van der Waals surface area contributed by atoms with Crippen LogP contribution in [0.2, 0.25) is 0 Å². The van der Waals surface area contributed by atoms with Crippen LogP contribution in [0.15, 0.2) is 0 Å². The van der Waals surface area contributed by atoms with E-state index in [9.17, 15) is 9.90 Å². The van der Waals surface area contributed by atoms with Gasteiger partial charge in [-0.05, 0) is 38.0 Å². The van der Waals surface area contributed by atoms with Gasteiger partial charge in [-0.2, -0.15) is 0 Å². The first-order valence-electron chi connectivity index (χ1n) is 6.45. The molecule has 0 spiro atoms. The van der Waals surface area contributed by atoms with Gasteiger partial charge in [0.15, 0.2) is 0 Å². The van der Waals surface area contributed by atoms with E-state index in [-0.39, 0.29) is 17.5 Å². The Morgan fingerprint density at radius 1 is 1.25 bits per heavy atom. The van der Waals surface area contributed by atoms with Gasteiger partial charge in [0.1, 0.15) is 0 Å². The third-order valence-corrected chi connectivity index (χ3v) is 4.53. The molecule has 2 aliphatic rings. The summed E-state index contributed by atoms with van der Waals surface area (Å²) in [4.78, 5) is 12.1. The normalized spacial score (nSPS) is 39.6. The molecule has 92 valence electrons. The van der Waals surface area contributed by atoms with Gasteiger partial charge in [-0.15, -0.1) is 0 Å². The van der Waals surface area contributed by atoms with E-state index in [2.05, 4.69) is 0 Å². The molecule has 0 heterocycles. The van der Waals surface area contributed by atoms with Crippen molar-refractivity contribution in [1.82, 2.24) is 0 Å². The Bertz CT molecular complexity index is 264. The summed E-state index contributed by atoms with van der Waals surface area (Å²) in [5.41, 5.74) is -0.273. The van der Waals surface area contributed by atoms with Gasteiger partial charge in [-0.1, -0.05) is 19.3 Å². The van der Waals surface area contributed by atoms with Crippen LogP contribution >= 0.6 is 0 Å². The van der Waals surface area contributed by atoms with Crippen LogP contribution in [-0.4, -0.2) is 24.3 Å². The highest BCUT2D eigenvalue weighted by molar-refractivity contribution is 5.77. The quantitative estimate of drug-likeness (QED) is 0.698. The van der Waals surface area contributed by atoms with Gasteiger partial charge in [0, 0.05) is 0 Å². The smallest absolute Gasteiger partial charge is 0.312 e. The molecular formula is C13H22O3. The molecule has 3 heteroatoms. The van der Waals surface area contributed by atoms with E-state index in [0.29, 0.717) is 5.92 Å². The van der Waals surface area contributed by atoms with Gasteiger partial charge >= 0.3 is 5.97 Å². The largest absolute Gasteiger partial charge is 0.469 e. The van der Waals surface area contributed by atoms with Crippen LogP contribution in [0.4, 0.5) is 0 Å². The Morgan fingerprint density at radius 2 is 2.06 bits per heavy atom. The number of esters is 1. The van der Waals surface area contributed by atoms with Crippen LogP contribution in [0, 0.1) is 11.3 Å². The zero-order valence-corrected chi connectivity index (χ0v) is 10.1. The van der Waals surface area contributed by atoms with E-state index in [1.54, 1.807) is 0 Å². The zero-order valence-electron chi connectivity index (χ0n) is 10.1. The molecule has 16 heavy (non-hydrogen) atoms. The van der Waals surface area contributed by atoms with Gasteiger partial charge in [-0.3, -0.25) is 4.79 Å². The topological polar surface area (TPSA) is 46.5 Å². The number of aliphatic hydroxyl groups excluding tert-OH is 1. The summed E-state index contributed by atoms with van der Waals surface area (Å²) in [6.07, 6.45) is 7.71. The van der Waals surface area contributed by atoms with Crippen LogP contribution < -0.4 is 0 Å². The minimum Gasteiger partial charge on any atom is -0.469 e. The zero-order chi connectivity index (χ0) is 11.6. The van der Waals surface area contributed by atoms with Gasteiger partial charge < -0.3 is 9.84 Å². The van der Waals surface area contributed by atoms with Crippen LogP contribution in [0.5, 0.6) is 0 Å². The summed E-state index contributed by atoms with van der Waals surface area (Å²) in [5.74, 6) is 0.303. The van der Waals surface area contributed by atoms with Gasteiger partial charge in [0.2, 0.25) is 0 Å². The Labute approximate surface area is 97.2 Å². The summed E-state index contributed by atoms with van der Waals surface area (Å²) < 4.78 is 5.02. The highest BCUT2D eigenvalue weighted by Gasteiger charge is 2.49. The number of hydrogen-bond donors (Lipinski definition) is 1. The molecule has 2 saturated carbocycles. The lowest BCUT2D eigenvalue weighted by Gasteiger charge is -2.42. The lowest BCUT2D eigenvalue weighted by molar-refractivity contribution is -0.162. The lowest BCUT2D eigenvalue weighted by atomic mass is 9.63. The molecule has 1 N–H and O–H groups in total. The van der Waals surface area contributed by atoms with Crippen molar-refractivity contribution < 1.29 is 14.6 Å². The van der Waals surface area contributed by atoms with Crippen molar-refractivity contribution in [2.75, 3.05) is 7.11 Å². The lowest BCUT2D eigenvalue weighted by Crippen LogP contribution is -2.44. The van der Waals surface area contributed by atoms with Crippen molar-refractivity contribution in [3.63, 3.8) is 0 Å². The van der Waals surface area contributed by atoms with E-state index < -0.39 is 0 Å². The monoisotopic (exact) mass is 226 g/mol. The summed E-state index contributed by atoms with van der Waals surface area (Å²) in [6.45, 7) is 0. The van der Waals surface area contributed by atoms with Crippen molar-refractivity contribution in [2.45, 2.75) is 57.5 Å². The number of carbonyl (C=O) groups excluding carboxylic acids is 1. The number of rotatable bonds is 1. The molecule has 1 unspecified atom stereocenters. The Kier molecular flexibility index (Phi) is 3.53. The average Bonchev–Trinajstić information content (AvgIpc) is 2.50. The van der Waals surface area contributed by atoms with Gasteiger partial charge in [0.05, 0.1) is 18.6 Å². The molecule has 0 aliphatic heterocycles. The molecule has 0 aromatic carbocycles. The molecule has 0 amide bonds. The predicted molar refractivity (Wildman–Crippen MR) is 60.9 cm³/mol. The second-order valence-electron chi connectivity index (χ2n) is 5.37. The minimum absolute atomic E-state index is 0.0358.